The molecule has 4 nitrogen and oxygen atoms in total. The van der Waals surface area contributed by atoms with Crippen molar-refractivity contribution < 1.29 is 14.0 Å². The number of benzene rings is 1. The molecular weight excluding hydrogens is 259 g/mol. The van der Waals surface area contributed by atoms with Gasteiger partial charge in [0.05, 0.1) is 0 Å². The minimum absolute atomic E-state index is 0.0378. The van der Waals surface area contributed by atoms with Gasteiger partial charge >= 0.3 is 0 Å². The SMILES string of the molecule is CC(=O)NCCCNC(=O)CCCc1ccccc1F. The van der Waals surface area contributed by atoms with Gasteiger partial charge in [0.25, 0.3) is 0 Å². The third-order valence-electron chi connectivity index (χ3n) is 2.86. The quantitative estimate of drug-likeness (QED) is 0.713. The van der Waals surface area contributed by atoms with Crippen LogP contribution in [0.25, 0.3) is 0 Å². The molecule has 0 fully saturated rings. The lowest BCUT2D eigenvalue weighted by atomic mass is 10.1. The van der Waals surface area contributed by atoms with Crippen LogP contribution in [-0.4, -0.2) is 24.9 Å². The molecule has 1 aromatic carbocycles. The first-order valence-corrected chi connectivity index (χ1v) is 6.84. The summed E-state index contributed by atoms with van der Waals surface area (Å²) in [5.74, 6) is -0.325. The van der Waals surface area contributed by atoms with Crippen molar-refractivity contribution in [3.8, 4) is 0 Å². The van der Waals surface area contributed by atoms with Crippen molar-refractivity contribution in [2.75, 3.05) is 13.1 Å². The maximum absolute atomic E-state index is 13.3. The standard InChI is InChI=1S/C15H21FN2O2/c1-12(19)17-10-5-11-18-15(20)9-4-7-13-6-2-3-8-14(13)16/h2-3,6,8H,4-5,7,9-11H2,1H3,(H,17,19)(H,18,20). The summed E-state index contributed by atoms with van der Waals surface area (Å²) in [5.41, 5.74) is 0.644. The summed E-state index contributed by atoms with van der Waals surface area (Å²) in [6, 6.07) is 6.61. The van der Waals surface area contributed by atoms with E-state index in [1.54, 1.807) is 18.2 Å². The largest absolute Gasteiger partial charge is 0.356 e. The molecule has 0 heterocycles. The monoisotopic (exact) mass is 280 g/mol. The van der Waals surface area contributed by atoms with E-state index in [0.29, 0.717) is 44.3 Å². The van der Waals surface area contributed by atoms with Crippen LogP contribution in [0.1, 0.15) is 31.7 Å². The third kappa shape index (κ3) is 6.87. The molecule has 0 saturated heterocycles. The van der Waals surface area contributed by atoms with E-state index in [4.69, 9.17) is 0 Å². The molecule has 0 aliphatic rings. The van der Waals surface area contributed by atoms with Gasteiger partial charge in [-0.1, -0.05) is 18.2 Å². The highest BCUT2D eigenvalue weighted by molar-refractivity contribution is 5.75. The summed E-state index contributed by atoms with van der Waals surface area (Å²) in [7, 11) is 0. The van der Waals surface area contributed by atoms with Gasteiger partial charge in [0.15, 0.2) is 0 Å². The number of amides is 2. The van der Waals surface area contributed by atoms with Crippen LogP contribution < -0.4 is 10.6 Å². The van der Waals surface area contributed by atoms with Crippen LogP contribution in [0.5, 0.6) is 0 Å². The summed E-state index contributed by atoms with van der Waals surface area (Å²) in [6.45, 7) is 2.56. The number of aryl methyl sites for hydroxylation is 1. The van der Waals surface area contributed by atoms with Gasteiger partial charge in [0.2, 0.25) is 11.8 Å². The molecule has 0 aromatic heterocycles. The topological polar surface area (TPSA) is 58.2 Å². The lowest BCUT2D eigenvalue weighted by Gasteiger charge is -2.06. The van der Waals surface area contributed by atoms with Crippen LogP contribution in [0.15, 0.2) is 24.3 Å². The number of hydrogen-bond acceptors (Lipinski definition) is 2. The Morgan fingerprint density at radius 3 is 2.50 bits per heavy atom. The maximum Gasteiger partial charge on any atom is 0.220 e. The van der Waals surface area contributed by atoms with Crippen molar-refractivity contribution in [2.45, 2.75) is 32.6 Å². The Morgan fingerprint density at radius 2 is 1.80 bits per heavy atom. The normalized spacial score (nSPS) is 10.1. The zero-order valence-corrected chi connectivity index (χ0v) is 11.7. The van der Waals surface area contributed by atoms with E-state index < -0.39 is 0 Å². The summed E-state index contributed by atoms with van der Waals surface area (Å²) < 4.78 is 13.3. The van der Waals surface area contributed by atoms with Crippen molar-refractivity contribution in [1.82, 2.24) is 10.6 Å². The van der Waals surface area contributed by atoms with Crippen LogP contribution in [0.4, 0.5) is 4.39 Å². The van der Waals surface area contributed by atoms with Crippen molar-refractivity contribution in [3.05, 3.63) is 35.6 Å². The molecule has 2 N–H and O–H groups in total. The van der Waals surface area contributed by atoms with Gasteiger partial charge in [-0.05, 0) is 30.9 Å². The Kier molecular flexibility index (Phi) is 7.32. The van der Waals surface area contributed by atoms with Crippen molar-refractivity contribution in [1.29, 1.82) is 0 Å². The van der Waals surface area contributed by atoms with Gasteiger partial charge in [-0.15, -0.1) is 0 Å². The van der Waals surface area contributed by atoms with E-state index in [1.165, 1.54) is 13.0 Å². The number of rotatable bonds is 8. The predicted octanol–water partition coefficient (Wildman–Crippen LogP) is 1.79. The van der Waals surface area contributed by atoms with Gasteiger partial charge in [-0.3, -0.25) is 9.59 Å². The fourth-order valence-electron chi connectivity index (χ4n) is 1.81. The van der Waals surface area contributed by atoms with Gasteiger partial charge in [-0.25, -0.2) is 4.39 Å². The second kappa shape index (κ2) is 9.07. The van der Waals surface area contributed by atoms with E-state index in [1.807, 2.05) is 0 Å². The highest BCUT2D eigenvalue weighted by atomic mass is 19.1. The number of halogens is 1. The summed E-state index contributed by atoms with van der Waals surface area (Å²) >= 11 is 0. The molecule has 0 atom stereocenters. The van der Waals surface area contributed by atoms with Crippen LogP contribution >= 0.6 is 0 Å². The minimum Gasteiger partial charge on any atom is -0.356 e. The highest BCUT2D eigenvalue weighted by Crippen LogP contribution is 2.09. The molecule has 0 aliphatic carbocycles. The molecule has 1 rings (SSSR count). The lowest BCUT2D eigenvalue weighted by molar-refractivity contribution is -0.121. The number of hydrogen-bond donors (Lipinski definition) is 2. The second-order valence-corrected chi connectivity index (χ2v) is 4.63. The van der Waals surface area contributed by atoms with Gasteiger partial charge in [0.1, 0.15) is 5.82 Å². The fraction of sp³-hybridized carbons (Fsp3) is 0.467. The van der Waals surface area contributed by atoms with Gasteiger partial charge in [-0.2, -0.15) is 0 Å². The highest BCUT2D eigenvalue weighted by Gasteiger charge is 2.04. The Hall–Kier alpha value is -1.91. The summed E-state index contributed by atoms with van der Waals surface area (Å²) in [4.78, 5) is 22.1. The summed E-state index contributed by atoms with van der Waals surface area (Å²) in [6.07, 6.45) is 2.28. The molecule has 20 heavy (non-hydrogen) atoms. The average molecular weight is 280 g/mol. The average Bonchev–Trinajstić information content (AvgIpc) is 2.40. The molecule has 0 bridgehead atoms. The first-order chi connectivity index (χ1) is 9.59. The molecule has 0 radical (unpaired) electrons. The first-order valence-electron chi connectivity index (χ1n) is 6.84. The van der Waals surface area contributed by atoms with Crippen molar-refractivity contribution in [3.63, 3.8) is 0 Å². The Morgan fingerprint density at radius 1 is 1.10 bits per heavy atom. The third-order valence-corrected chi connectivity index (χ3v) is 2.86. The second-order valence-electron chi connectivity index (χ2n) is 4.63. The Labute approximate surface area is 118 Å². The smallest absolute Gasteiger partial charge is 0.220 e. The molecular formula is C15H21FN2O2. The lowest BCUT2D eigenvalue weighted by Crippen LogP contribution is -2.28. The Bertz CT molecular complexity index is 449. The zero-order chi connectivity index (χ0) is 14.8. The molecule has 0 aliphatic heterocycles. The molecule has 0 spiro atoms. The van der Waals surface area contributed by atoms with E-state index >= 15 is 0 Å². The van der Waals surface area contributed by atoms with Gasteiger partial charge < -0.3 is 10.6 Å². The Balaban J connectivity index is 2.09. The number of carbonyl (C=O) groups is 2. The van der Waals surface area contributed by atoms with Crippen LogP contribution in [0.2, 0.25) is 0 Å². The maximum atomic E-state index is 13.3. The molecule has 0 saturated carbocycles. The van der Waals surface area contributed by atoms with E-state index in [2.05, 4.69) is 10.6 Å². The van der Waals surface area contributed by atoms with Crippen LogP contribution in [-0.2, 0) is 16.0 Å². The molecule has 1 aromatic rings. The molecule has 110 valence electrons. The van der Waals surface area contributed by atoms with Crippen LogP contribution in [0, 0.1) is 5.82 Å². The number of carbonyl (C=O) groups excluding carboxylic acids is 2. The van der Waals surface area contributed by atoms with E-state index in [0.717, 1.165) is 0 Å². The van der Waals surface area contributed by atoms with E-state index in [9.17, 15) is 14.0 Å². The zero-order valence-electron chi connectivity index (χ0n) is 11.7. The fourth-order valence-corrected chi connectivity index (χ4v) is 1.81. The van der Waals surface area contributed by atoms with E-state index in [-0.39, 0.29) is 17.6 Å². The molecule has 0 unspecified atom stereocenters. The number of nitrogens with one attached hydrogen (secondary N) is 2. The van der Waals surface area contributed by atoms with Crippen molar-refractivity contribution in [2.24, 2.45) is 0 Å². The summed E-state index contributed by atoms with van der Waals surface area (Å²) in [5, 5.41) is 5.43. The van der Waals surface area contributed by atoms with Crippen molar-refractivity contribution >= 4 is 11.8 Å². The first kappa shape index (κ1) is 16.1. The predicted molar refractivity (Wildman–Crippen MR) is 75.6 cm³/mol. The van der Waals surface area contributed by atoms with Crippen LogP contribution in [0.3, 0.4) is 0 Å². The molecule has 5 heteroatoms. The van der Waals surface area contributed by atoms with Gasteiger partial charge in [0, 0.05) is 26.4 Å². The molecule has 2 amide bonds. The minimum atomic E-state index is -0.219.